The van der Waals surface area contributed by atoms with Crippen LogP contribution in [0, 0.1) is 5.92 Å². The fourth-order valence-corrected chi connectivity index (χ4v) is 4.14. The van der Waals surface area contributed by atoms with E-state index in [0.29, 0.717) is 18.4 Å². The van der Waals surface area contributed by atoms with Crippen LogP contribution in [0.4, 0.5) is 5.69 Å². The first-order valence-corrected chi connectivity index (χ1v) is 10.8. The molecule has 2 N–H and O–H groups in total. The van der Waals surface area contributed by atoms with Crippen LogP contribution >= 0.6 is 11.3 Å². The number of hydrogen-bond acceptors (Lipinski definition) is 4. The van der Waals surface area contributed by atoms with Crippen LogP contribution in [0.3, 0.4) is 0 Å². The minimum atomic E-state index is 0.472. The van der Waals surface area contributed by atoms with Crippen molar-refractivity contribution in [3.63, 3.8) is 0 Å². The third kappa shape index (κ3) is 5.70. The lowest BCUT2D eigenvalue weighted by atomic mass is 10.1. The second-order valence-electron chi connectivity index (χ2n) is 7.33. The highest BCUT2D eigenvalue weighted by atomic mass is 32.1. The van der Waals surface area contributed by atoms with Gasteiger partial charge in [0.15, 0.2) is 5.96 Å². The molecule has 0 radical (unpaired) electrons. The van der Waals surface area contributed by atoms with E-state index in [2.05, 4.69) is 77.0 Å². The number of aliphatic imine (C=N–C) groups is 1. The number of nitrogens with zero attached hydrogens (tertiary/aromatic N) is 3. The molecule has 5 nitrogen and oxygen atoms in total. The van der Waals surface area contributed by atoms with E-state index in [-0.39, 0.29) is 0 Å². The molecule has 6 heteroatoms. The van der Waals surface area contributed by atoms with E-state index in [1.807, 2.05) is 0 Å². The van der Waals surface area contributed by atoms with Crippen LogP contribution in [-0.2, 0) is 6.54 Å². The van der Waals surface area contributed by atoms with Crippen molar-refractivity contribution in [1.29, 1.82) is 0 Å². The summed E-state index contributed by atoms with van der Waals surface area (Å²) in [6.45, 7) is 11.1. The third-order valence-electron chi connectivity index (χ3n) is 4.84. The van der Waals surface area contributed by atoms with E-state index in [1.54, 1.807) is 11.3 Å². The van der Waals surface area contributed by atoms with Crippen LogP contribution in [0.25, 0.3) is 0 Å². The first kappa shape index (κ1) is 19.7. The molecule has 0 saturated carbocycles. The summed E-state index contributed by atoms with van der Waals surface area (Å²) in [5.74, 6) is 2.00. The predicted molar refractivity (Wildman–Crippen MR) is 116 cm³/mol. The van der Waals surface area contributed by atoms with Gasteiger partial charge in [-0.1, -0.05) is 32.0 Å². The molecule has 1 aromatic carbocycles. The molecule has 0 bridgehead atoms. The number of para-hydroxylation sites is 1. The number of thiazole rings is 1. The number of guanidine groups is 1. The van der Waals surface area contributed by atoms with Gasteiger partial charge in [0.05, 0.1) is 12.2 Å². The lowest BCUT2D eigenvalue weighted by Gasteiger charge is -2.19. The van der Waals surface area contributed by atoms with E-state index >= 15 is 0 Å². The van der Waals surface area contributed by atoms with Gasteiger partial charge in [0.2, 0.25) is 0 Å². The van der Waals surface area contributed by atoms with Crippen molar-refractivity contribution in [2.45, 2.75) is 39.7 Å². The van der Waals surface area contributed by atoms with Crippen LogP contribution in [0.1, 0.15) is 43.8 Å². The maximum Gasteiger partial charge on any atom is 0.191 e. The molecular formula is C21H31N5S. The molecule has 1 unspecified atom stereocenters. The quantitative estimate of drug-likeness (QED) is 0.561. The summed E-state index contributed by atoms with van der Waals surface area (Å²) >= 11 is 1.70. The van der Waals surface area contributed by atoms with E-state index in [9.17, 15) is 0 Å². The summed E-state index contributed by atoms with van der Waals surface area (Å²) in [4.78, 5) is 11.9. The average Bonchev–Trinajstić information content (AvgIpc) is 3.34. The topological polar surface area (TPSA) is 52.6 Å². The zero-order valence-electron chi connectivity index (χ0n) is 16.6. The van der Waals surface area contributed by atoms with E-state index < -0.39 is 0 Å². The Bertz CT molecular complexity index is 725. The lowest BCUT2D eigenvalue weighted by molar-refractivity contribution is 0.566. The Morgan fingerprint density at radius 1 is 1.30 bits per heavy atom. The van der Waals surface area contributed by atoms with Crippen LogP contribution in [0.2, 0.25) is 0 Å². The van der Waals surface area contributed by atoms with Crippen molar-refractivity contribution in [2.75, 3.05) is 31.1 Å². The monoisotopic (exact) mass is 385 g/mol. The van der Waals surface area contributed by atoms with Crippen LogP contribution < -0.4 is 15.5 Å². The molecule has 146 valence electrons. The highest BCUT2D eigenvalue weighted by Crippen LogP contribution is 2.23. The smallest absolute Gasteiger partial charge is 0.191 e. The Hall–Kier alpha value is -2.08. The van der Waals surface area contributed by atoms with Crippen molar-refractivity contribution in [3.05, 3.63) is 46.4 Å². The fraction of sp³-hybridized carbons (Fsp3) is 0.524. The molecule has 0 amide bonds. The highest BCUT2D eigenvalue weighted by molar-refractivity contribution is 7.09. The number of rotatable bonds is 7. The molecule has 2 aromatic rings. The Labute approximate surface area is 166 Å². The summed E-state index contributed by atoms with van der Waals surface area (Å²) in [5, 5.41) is 10.1. The number of aromatic nitrogens is 1. The molecular weight excluding hydrogens is 354 g/mol. The zero-order valence-corrected chi connectivity index (χ0v) is 17.4. The van der Waals surface area contributed by atoms with Crippen LogP contribution in [0.15, 0.2) is 40.7 Å². The minimum Gasteiger partial charge on any atom is -0.371 e. The SMILES string of the molecule is CCNC(=NCc1nc(C(C)C)cs1)NCC1CCN(c2ccccc2)C1. The van der Waals surface area contributed by atoms with Gasteiger partial charge in [-0.3, -0.25) is 0 Å². The summed E-state index contributed by atoms with van der Waals surface area (Å²) in [6.07, 6.45) is 1.21. The Morgan fingerprint density at radius 2 is 2.11 bits per heavy atom. The van der Waals surface area contributed by atoms with Crippen molar-refractivity contribution in [1.82, 2.24) is 15.6 Å². The average molecular weight is 386 g/mol. The Morgan fingerprint density at radius 3 is 2.81 bits per heavy atom. The van der Waals surface area contributed by atoms with Crippen LogP contribution in [0.5, 0.6) is 0 Å². The molecule has 0 aliphatic carbocycles. The Kier molecular flexibility index (Phi) is 7.10. The molecule has 0 spiro atoms. The number of nitrogens with one attached hydrogen (secondary N) is 2. The van der Waals surface area contributed by atoms with Gasteiger partial charge >= 0.3 is 0 Å². The molecule has 1 aromatic heterocycles. The van der Waals surface area contributed by atoms with Crippen molar-refractivity contribution in [3.8, 4) is 0 Å². The first-order chi connectivity index (χ1) is 13.2. The lowest BCUT2D eigenvalue weighted by Crippen LogP contribution is -2.40. The second-order valence-corrected chi connectivity index (χ2v) is 8.28. The maximum atomic E-state index is 4.72. The summed E-state index contributed by atoms with van der Waals surface area (Å²) in [6, 6.07) is 10.7. The van der Waals surface area contributed by atoms with Gasteiger partial charge in [0.25, 0.3) is 0 Å². The highest BCUT2D eigenvalue weighted by Gasteiger charge is 2.22. The molecule has 3 rings (SSSR count). The number of benzene rings is 1. The molecule has 1 fully saturated rings. The molecule has 1 saturated heterocycles. The van der Waals surface area contributed by atoms with Gasteiger partial charge < -0.3 is 15.5 Å². The third-order valence-corrected chi connectivity index (χ3v) is 5.69. The zero-order chi connectivity index (χ0) is 19.1. The Balaban J connectivity index is 1.50. The first-order valence-electron chi connectivity index (χ1n) is 9.92. The molecule has 1 aliphatic heterocycles. The van der Waals surface area contributed by atoms with Gasteiger partial charge in [-0.05, 0) is 37.3 Å². The standard InChI is InChI=1S/C21H31N5S/c1-4-22-21(24-13-20-25-19(15-27-20)16(2)3)23-12-17-10-11-26(14-17)18-8-6-5-7-9-18/h5-9,15-17H,4,10-14H2,1-3H3,(H2,22,23,24). The van der Waals surface area contributed by atoms with Crippen molar-refractivity contribution in [2.24, 2.45) is 10.9 Å². The summed E-state index contributed by atoms with van der Waals surface area (Å²) < 4.78 is 0. The fourth-order valence-electron chi connectivity index (χ4n) is 3.26. The normalized spacial score (nSPS) is 17.6. The maximum absolute atomic E-state index is 4.72. The molecule has 1 aliphatic rings. The van der Waals surface area contributed by atoms with Gasteiger partial charge in [-0.2, -0.15) is 0 Å². The summed E-state index contributed by atoms with van der Waals surface area (Å²) in [5.41, 5.74) is 2.49. The van der Waals surface area contributed by atoms with Crippen molar-refractivity contribution < 1.29 is 0 Å². The van der Waals surface area contributed by atoms with Gasteiger partial charge in [0.1, 0.15) is 5.01 Å². The van der Waals surface area contributed by atoms with E-state index in [1.165, 1.54) is 12.1 Å². The molecule has 2 heterocycles. The minimum absolute atomic E-state index is 0.472. The predicted octanol–water partition coefficient (Wildman–Crippen LogP) is 3.85. The second kappa shape index (κ2) is 9.74. The number of anilines is 1. The largest absolute Gasteiger partial charge is 0.371 e. The summed E-state index contributed by atoms with van der Waals surface area (Å²) in [7, 11) is 0. The van der Waals surface area contributed by atoms with Crippen molar-refractivity contribution >= 4 is 23.0 Å². The van der Waals surface area contributed by atoms with Crippen LogP contribution in [-0.4, -0.2) is 37.1 Å². The molecule has 1 atom stereocenters. The van der Waals surface area contributed by atoms with Gasteiger partial charge in [-0.25, -0.2) is 9.98 Å². The van der Waals surface area contributed by atoms with E-state index in [0.717, 1.165) is 42.8 Å². The van der Waals surface area contributed by atoms with Gasteiger partial charge in [-0.15, -0.1) is 11.3 Å². The molecule has 27 heavy (non-hydrogen) atoms. The van der Waals surface area contributed by atoms with Gasteiger partial charge in [0, 0.05) is 37.2 Å². The number of hydrogen-bond donors (Lipinski definition) is 2. The van der Waals surface area contributed by atoms with E-state index in [4.69, 9.17) is 4.99 Å².